The smallest absolute Gasteiger partial charge is 0.244 e. The standard InChI is InChI=1S/C27H30ClN3O5S/c1-29-27(33)25(16-20-9-5-4-6-10-20)30(18-21-11-7-14-24(15-21)36-2)26(32)19-31(37(3,34)35)23-13-8-12-22(28)17-23/h4-15,17,25H,16,18-19H2,1-3H3,(H,29,33). The number of carbonyl (C=O) groups is 2. The summed E-state index contributed by atoms with van der Waals surface area (Å²) in [4.78, 5) is 28.3. The van der Waals surface area contributed by atoms with E-state index < -0.39 is 28.5 Å². The van der Waals surface area contributed by atoms with E-state index in [1.165, 1.54) is 18.0 Å². The van der Waals surface area contributed by atoms with Crippen LogP contribution in [0.1, 0.15) is 11.1 Å². The Morgan fingerprint density at radius 1 is 0.973 bits per heavy atom. The van der Waals surface area contributed by atoms with Crippen LogP contribution in [0.15, 0.2) is 78.9 Å². The van der Waals surface area contributed by atoms with Crippen LogP contribution in [0, 0.1) is 0 Å². The average molecular weight is 544 g/mol. The van der Waals surface area contributed by atoms with Crippen LogP contribution in [0.4, 0.5) is 5.69 Å². The van der Waals surface area contributed by atoms with Crippen molar-refractivity contribution in [3.05, 3.63) is 95.0 Å². The third-order valence-electron chi connectivity index (χ3n) is 5.78. The summed E-state index contributed by atoms with van der Waals surface area (Å²) >= 11 is 6.09. The Labute approximate surface area is 222 Å². The van der Waals surface area contributed by atoms with E-state index in [1.54, 1.807) is 43.5 Å². The van der Waals surface area contributed by atoms with Crippen molar-refractivity contribution in [2.45, 2.75) is 19.0 Å². The lowest BCUT2D eigenvalue weighted by Crippen LogP contribution is -2.52. The third kappa shape index (κ3) is 7.71. The Morgan fingerprint density at radius 2 is 1.65 bits per heavy atom. The summed E-state index contributed by atoms with van der Waals surface area (Å²) in [5, 5.41) is 2.98. The Bertz CT molecular complexity index is 1330. The molecule has 0 aliphatic carbocycles. The van der Waals surface area contributed by atoms with Gasteiger partial charge < -0.3 is 15.0 Å². The number of amides is 2. The fourth-order valence-electron chi connectivity index (χ4n) is 3.93. The van der Waals surface area contributed by atoms with Gasteiger partial charge in [0.25, 0.3) is 0 Å². The predicted molar refractivity (Wildman–Crippen MR) is 145 cm³/mol. The van der Waals surface area contributed by atoms with Crippen LogP contribution in [-0.4, -0.2) is 58.1 Å². The Morgan fingerprint density at radius 3 is 2.27 bits per heavy atom. The molecule has 3 aromatic carbocycles. The fourth-order valence-corrected chi connectivity index (χ4v) is 4.96. The van der Waals surface area contributed by atoms with E-state index in [0.717, 1.165) is 21.7 Å². The van der Waals surface area contributed by atoms with Crippen LogP contribution >= 0.6 is 11.6 Å². The van der Waals surface area contributed by atoms with Gasteiger partial charge in [-0.1, -0.05) is 60.1 Å². The van der Waals surface area contributed by atoms with Crippen molar-refractivity contribution < 1.29 is 22.7 Å². The number of rotatable bonds is 11. The van der Waals surface area contributed by atoms with Gasteiger partial charge in [-0.3, -0.25) is 13.9 Å². The maximum Gasteiger partial charge on any atom is 0.244 e. The van der Waals surface area contributed by atoms with E-state index in [-0.39, 0.29) is 24.6 Å². The van der Waals surface area contributed by atoms with Crippen LogP contribution in [0.25, 0.3) is 0 Å². The lowest BCUT2D eigenvalue weighted by molar-refractivity contribution is -0.139. The molecule has 0 bridgehead atoms. The first-order valence-electron chi connectivity index (χ1n) is 11.5. The molecule has 196 valence electrons. The number of sulfonamides is 1. The first-order valence-corrected chi connectivity index (χ1v) is 13.8. The van der Waals surface area contributed by atoms with E-state index in [0.29, 0.717) is 10.8 Å². The summed E-state index contributed by atoms with van der Waals surface area (Å²) in [6, 6.07) is 21.8. The summed E-state index contributed by atoms with van der Waals surface area (Å²) in [6.45, 7) is -0.445. The molecule has 0 saturated heterocycles. The highest BCUT2D eigenvalue weighted by atomic mass is 35.5. The van der Waals surface area contributed by atoms with Gasteiger partial charge in [0.05, 0.1) is 19.1 Å². The molecule has 3 aromatic rings. The molecule has 0 aromatic heterocycles. The molecule has 0 spiro atoms. The van der Waals surface area contributed by atoms with E-state index in [1.807, 2.05) is 36.4 Å². The van der Waals surface area contributed by atoms with Crippen LogP contribution in [-0.2, 0) is 32.6 Å². The number of nitrogens with one attached hydrogen (secondary N) is 1. The molecule has 0 aliphatic rings. The number of hydrogen-bond donors (Lipinski definition) is 1. The highest BCUT2D eigenvalue weighted by molar-refractivity contribution is 7.92. The van der Waals surface area contributed by atoms with Crippen molar-refractivity contribution in [2.75, 3.05) is 31.3 Å². The Kier molecular flexibility index (Phi) is 9.54. The SMILES string of the molecule is CNC(=O)C(Cc1ccccc1)N(Cc1cccc(OC)c1)C(=O)CN(c1cccc(Cl)c1)S(C)(=O)=O. The fraction of sp³-hybridized carbons (Fsp3) is 0.259. The van der Waals surface area contributed by atoms with Gasteiger partial charge in [0.1, 0.15) is 18.3 Å². The van der Waals surface area contributed by atoms with Gasteiger partial charge in [0.15, 0.2) is 0 Å². The van der Waals surface area contributed by atoms with Crippen molar-refractivity contribution in [1.82, 2.24) is 10.2 Å². The number of likely N-dealkylation sites (N-methyl/N-ethyl adjacent to an activating group) is 1. The first-order chi connectivity index (χ1) is 17.6. The zero-order chi connectivity index (χ0) is 27.0. The van der Waals surface area contributed by atoms with Crippen LogP contribution < -0.4 is 14.4 Å². The Balaban J connectivity index is 2.03. The quantitative estimate of drug-likeness (QED) is 0.399. The highest BCUT2D eigenvalue weighted by Crippen LogP contribution is 2.23. The molecule has 1 unspecified atom stereocenters. The second kappa shape index (κ2) is 12.6. The largest absolute Gasteiger partial charge is 0.497 e. The first kappa shape index (κ1) is 28.0. The van der Waals surface area contributed by atoms with E-state index >= 15 is 0 Å². The van der Waals surface area contributed by atoms with E-state index in [9.17, 15) is 18.0 Å². The zero-order valence-electron chi connectivity index (χ0n) is 20.9. The molecule has 1 N–H and O–H groups in total. The summed E-state index contributed by atoms with van der Waals surface area (Å²) < 4.78 is 31.7. The third-order valence-corrected chi connectivity index (χ3v) is 7.16. The minimum Gasteiger partial charge on any atom is -0.497 e. The lowest BCUT2D eigenvalue weighted by atomic mass is 10.0. The molecule has 2 amide bonds. The number of halogens is 1. The maximum atomic E-state index is 13.8. The van der Waals surface area contributed by atoms with Crippen molar-refractivity contribution in [3.63, 3.8) is 0 Å². The molecule has 0 fully saturated rings. The average Bonchev–Trinajstić information content (AvgIpc) is 2.88. The second-order valence-electron chi connectivity index (χ2n) is 8.44. The van der Waals surface area contributed by atoms with Gasteiger partial charge in [-0.25, -0.2) is 8.42 Å². The molecule has 1 atom stereocenters. The predicted octanol–water partition coefficient (Wildman–Crippen LogP) is 3.50. The molecule has 10 heteroatoms. The van der Waals surface area contributed by atoms with E-state index in [2.05, 4.69) is 5.32 Å². The second-order valence-corrected chi connectivity index (χ2v) is 10.8. The van der Waals surface area contributed by atoms with Crippen molar-refractivity contribution in [1.29, 1.82) is 0 Å². The maximum absolute atomic E-state index is 13.8. The van der Waals surface area contributed by atoms with Crippen molar-refractivity contribution in [2.24, 2.45) is 0 Å². The number of benzene rings is 3. The number of methoxy groups -OCH3 is 1. The minimum atomic E-state index is -3.85. The van der Waals surface area contributed by atoms with E-state index in [4.69, 9.17) is 16.3 Å². The summed E-state index contributed by atoms with van der Waals surface area (Å²) in [5.74, 6) is -0.312. The minimum absolute atomic E-state index is 0.0636. The van der Waals surface area contributed by atoms with Gasteiger partial charge in [0.2, 0.25) is 21.8 Å². The van der Waals surface area contributed by atoms with Crippen molar-refractivity contribution >= 4 is 39.1 Å². The van der Waals surface area contributed by atoms with Gasteiger partial charge in [-0.15, -0.1) is 0 Å². The molecule has 3 rings (SSSR count). The number of nitrogens with zero attached hydrogens (tertiary/aromatic N) is 2. The molecule has 8 nitrogen and oxygen atoms in total. The number of carbonyl (C=O) groups excluding carboxylic acids is 2. The lowest BCUT2D eigenvalue weighted by Gasteiger charge is -2.33. The molecular weight excluding hydrogens is 514 g/mol. The van der Waals surface area contributed by atoms with Gasteiger partial charge in [0, 0.05) is 25.0 Å². The number of anilines is 1. The topological polar surface area (TPSA) is 96.0 Å². The summed E-state index contributed by atoms with van der Waals surface area (Å²) in [7, 11) is -0.806. The van der Waals surface area contributed by atoms with Gasteiger partial charge in [-0.05, 0) is 41.5 Å². The molecule has 0 radical (unpaired) electrons. The number of ether oxygens (including phenoxy) is 1. The monoisotopic (exact) mass is 543 g/mol. The van der Waals surface area contributed by atoms with Gasteiger partial charge >= 0.3 is 0 Å². The van der Waals surface area contributed by atoms with Crippen LogP contribution in [0.5, 0.6) is 5.75 Å². The molecular formula is C27H30ClN3O5S. The molecule has 37 heavy (non-hydrogen) atoms. The molecule has 0 aliphatic heterocycles. The highest BCUT2D eigenvalue weighted by Gasteiger charge is 2.32. The normalized spacial score (nSPS) is 11.9. The Hall–Kier alpha value is -3.56. The summed E-state index contributed by atoms with van der Waals surface area (Å²) in [5.41, 5.74) is 1.84. The van der Waals surface area contributed by atoms with Crippen LogP contribution in [0.2, 0.25) is 5.02 Å². The van der Waals surface area contributed by atoms with Crippen molar-refractivity contribution in [3.8, 4) is 5.75 Å². The van der Waals surface area contributed by atoms with Crippen LogP contribution in [0.3, 0.4) is 0 Å². The number of hydrogen-bond acceptors (Lipinski definition) is 5. The van der Waals surface area contributed by atoms with Gasteiger partial charge in [-0.2, -0.15) is 0 Å². The molecule has 0 saturated carbocycles. The molecule has 0 heterocycles. The summed E-state index contributed by atoms with van der Waals surface area (Å²) in [6.07, 6.45) is 1.26. The zero-order valence-corrected chi connectivity index (χ0v) is 22.5.